The number of amides is 1. The van der Waals surface area contributed by atoms with Gasteiger partial charge in [0.05, 0.1) is 18.6 Å². The third-order valence-corrected chi connectivity index (χ3v) is 6.95. The zero-order valence-electron chi connectivity index (χ0n) is 13.3. The summed E-state index contributed by atoms with van der Waals surface area (Å²) in [6, 6.07) is 0.291. The van der Waals surface area contributed by atoms with Crippen molar-refractivity contribution in [2.24, 2.45) is 34.8 Å². The third kappa shape index (κ3) is 1.98. The third-order valence-electron chi connectivity index (χ3n) is 6.95. The van der Waals surface area contributed by atoms with Crippen LogP contribution in [0.15, 0.2) is 0 Å². The molecule has 5 aliphatic rings. The molecule has 2 N–H and O–H groups in total. The fourth-order valence-corrected chi connectivity index (χ4v) is 5.98. The number of ether oxygens (including phenoxy) is 1. The Morgan fingerprint density at radius 1 is 1.14 bits per heavy atom. The summed E-state index contributed by atoms with van der Waals surface area (Å²) in [7, 11) is 2.02. The van der Waals surface area contributed by atoms with Gasteiger partial charge in [-0.05, 0) is 62.7 Å². The van der Waals surface area contributed by atoms with Crippen molar-refractivity contribution in [3.63, 3.8) is 0 Å². The second-order valence-corrected chi connectivity index (χ2v) is 8.38. The fourth-order valence-electron chi connectivity index (χ4n) is 5.98. The molecule has 0 aromatic rings. The maximum atomic E-state index is 13.1. The van der Waals surface area contributed by atoms with Gasteiger partial charge in [-0.15, -0.1) is 0 Å². The lowest BCUT2D eigenvalue weighted by atomic mass is 9.53. The Morgan fingerprint density at radius 3 is 2.19 bits per heavy atom. The fraction of sp³-hybridized carbons (Fsp3) is 0.941. The van der Waals surface area contributed by atoms with Gasteiger partial charge in [0.2, 0.25) is 5.91 Å². The normalized spacial score (nSPS) is 51.4. The van der Waals surface area contributed by atoms with E-state index >= 15 is 0 Å². The van der Waals surface area contributed by atoms with E-state index in [0.717, 1.165) is 23.7 Å². The summed E-state index contributed by atoms with van der Waals surface area (Å²) in [6.45, 7) is 2.97. The van der Waals surface area contributed by atoms with E-state index in [1.165, 1.54) is 32.1 Å². The lowest BCUT2D eigenvalue weighted by Gasteiger charge is -2.57. The van der Waals surface area contributed by atoms with Gasteiger partial charge < -0.3 is 15.4 Å². The number of rotatable bonds is 2. The molecular weight excluding hydrogens is 264 g/mol. The summed E-state index contributed by atoms with van der Waals surface area (Å²) in [5.74, 6) is 3.57. The number of hydrogen-bond donors (Lipinski definition) is 1. The van der Waals surface area contributed by atoms with Crippen LogP contribution in [0, 0.1) is 29.1 Å². The zero-order chi connectivity index (χ0) is 14.8. The number of carbonyl (C=O) groups is 1. The molecule has 1 aliphatic heterocycles. The first-order valence-electron chi connectivity index (χ1n) is 8.59. The van der Waals surface area contributed by atoms with Crippen LogP contribution in [0.25, 0.3) is 0 Å². The average Bonchev–Trinajstić information content (AvgIpc) is 2.77. The number of hydrogen-bond acceptors (Lipinski definition) is 3. The van der Waals surface area contributed by atoms with Crippen LogP contribution in [0.2, 0.25) is 0 Å². The highest BCUT2D eigenvalue weighted by Gasteiger charge is 2.53. The monoisotopic (exact) mass is 292 g/mol. The molecule has 0 spiro atoms. The maximum absolute atomic E-state index is 13.1. The highest BCUT2D eigenvalue weighted by molar-refractivity contribution is 5.84. The molecule has 0 radical (unpaired) electrons. The summed E-state index contributed by atoms with van der Waals surface area (Å²) < 4.78 is 5.48. The van der Waals surface area contributed by atoms with Gasteiger partial charge in [-0.2, -0.15) is 0 Å². The second-order valence-electron chi connectivity index (χ2n) is 8.38. The second kappa shape index (κ2) is 4.69. The van der Waals surface area contributed by atoms with E-state index in [1.807, 2.05) is 14.0 Å². The number of nitrogens with two attached hydrogens (primary N) is 1. The molecule has 21 heavy (non-hydrogen) atoms. The van der Waals surface area contributed by atoms with Gasteiger partial charge >= 0.3 is 0 Å². The van der Waals surface area contributed by atoms with E-state index < -0.39 is 5.41 Å². The Morgan fingerprint density at radius 2 is 1.71 bits per heavy atom. The smallest absolute Gasteiger partial charge is 0.232 e. The quantitative estimate of drug-likeness (QED) is 0.841. The van der Waals surface area contributed by atoms with Crippen molar-refractivity contribution in [2.45, 2.75) is 51.1 Å². The molecule has 2 unspecified atom stereocenters. The maximum Gasteiger partial charge on any atom is 0.232 e. The van der Waals surface area contributed by atoms with Gasteiger partial charge in [0.25, 0.3) is 0 Å². The Hall–Kier alpha value is -0.610. The van der Waals surface area contributed by atoms with Gasteiger partial charge in [0.15, 0.2) is 0 Å². The molecule has 1 amide bonds. The topological polar surface area (TPSA) is 55.6 Å². The minimum absolute atomic E-state index is 0.163. The van der Waals surface area contributed by atoms with E-state index in [2.05, 4.69) is 4.90 Å². The molecule has 1 heterocycles. The molecule has 4 bridgehead atoms. The van der Waals surface area contributed by atoms with Gasteiger partial charge in [0, 0.05) is 19.1 Å². The van der Waals surface area contributed by atoms with Crippen molar-refractivity contribution in [1.82, 2.24) is 4.90 Å². The first kappa shape index (κ1) is 14.0. The Bertz CT molecular complexity index is 424. The van der Waals surface area contributed by atoms with Crippen LogP contribution in [0.3, 0.4) is 0 Å². The number of carbonyl (C=O) groups excluding carboxylic acids is 1. The summed E-state index contributed by atoms with van der Waals surface area (Å²) in [5.41, 5.74) is 5.63. The van der Waals surface area contributed by atoms with Crippen LogP contribution in [-0.2, 0) is 9.53 Å². The molecule has 118 valence electrons. The van der Waals surface area contributed by atoms with Crippen molar-refractivity contribution in [3.05, 3.63) is 0 Å². The molecule has 2 atom stereocenters. The first-order valence-corrected chi connectivity index (χ1v) is 8.59. The van der Waals surface area contributed by atoms with E-state index in [4.69, 9.17) is 10.5 Å². The summed E-state index contributed by atoms with van der Waals surface area (Å²) in [6.07, 6.45) is 6.82. The summed E-state index contributed by atoms with van der Waals surface area (Å²) in [5, 5.41) is 0. The van der Waals surface area contributed by atoms with Crippen LogP contribution in [0.5, 0.6) is 0 Å². The van der Waals surface area contributed by atoms with Crippen LogP contribution < -0.4 is 5.73 Å². The molecule has 4 nitrogen and oxygen atoms in total. The summed E-state index contributed by atoms with van der Waals surface area (Å²) in [4.78, 5) is 15.1. The number of nitrogens with zero attached hydrogens (tertiary/aromatic N) is 1. The predicted octanol–water partition coefficient (Wildman–Crippen LogP) is 1.63. The Kier molecular flexibility index (Phi) is 3.13. The first-order chi connectivity index (χ1) is 9.99. The van der Waals surface area contributed by atoms with Gasteiger partial charge in [-0.1, -0.05) is 0 Å². The van der Waals surface area contributed by atoms with Gasteiger partial charge in [-0.25, -0.2) is 0 Å². The zero-order valence-corrected chi connectivity index (χ0v) is 13.3. The Balaban J connectivity index is 1.55. The highest BCUT2D eigenvalue weighted by atomic mass is 16.5. The molecular formula is C17H28N2O2. The van der Waals surface area contributed by atoms with Crippen molar-refractivity contribution in [3.8, 4) is 0 Å². The van der Waals surface area contributed by atoms with Crippen LogP contribution in [-0.4, -0.2) is 43.2 Å². The average molecular weight is 292 g/mol. The minimum Gasteiger partial charge on any atom is -0.379 e. The van der Waals surface area contributed by atoms with E-state index in [9.17, 15) is 4.79 Å². The van der Waals surface area contributed by atoms with Crippen molar-refractivity contribution in [2.75, 3.05) is 20.3 Å². The van der Waals surface area contributed by atoms with Crippen LogP contribution in [0.4, 0.5) is 0 Å². The molecule has 4 heteroatoms. The van der Waals surface area contributed by atoms with Crippen LogP contribution >= 0.6 is 0 Å². The van der Waals surface area contributed by atoms with Crippen LogP contribution in [0.1, 0.15) is 39.0 Å². The molecule has 0 aromatic carbocycles. The SMILES string of the molecule is CN(C(=O)C1(C)COCC1N)C1C2CC3CC(C2)CC1C3. The molecule has 5 fully saturated rings. The summed E-state index contributed by atoms with van der Waals surface area (Å²) >= 11 is 0. The van der Waals surface area contributed by atoms with E-state index in [0.29, 0.717) is 19.3 Å². The van der Waals surface area contributed by atoms with Crippen molar-refractivity contribution < 1.29 is 9.53 Å². The predicted molar refractivity (Wildman–Crippen MR) is 80.5 cm³/mol. The molecule has 4 aliphatic carbocycles. The van der Waals surface area contributed by atoms with Crippen molar-refractivity contribution in [1.29, 1.82) is 0 Å². The van der Waals surface area contributed by atoms with E-state index in [-0.39, 0.29) is 11.9 Å². The lowest BCUT2D eigenvalue weighted by Crippen LogP contribution is -2.60. The standard InChI is InChI=1S/C17H28N2O2/c1-17(9-21-8-14(17)18)16(20)19(2)15-12-4-10-3-11(6-12)7-13(15)5-10/h10-15H,3-9,18H2,1-2H3. The molecule has 4 saturated carbocycles. The van der Waals surface area contributed by atoms with Gasteiger partial charge in [0.1, 0.15) is 0 Å². The molecule has 1 saturated heterocycles. The molecule has 0 aromatic heterocycles. The minimum atomic E-state index is -0.524. The van der Waals surface area contributed by atoms with Gasteiger partial charge in [-0.3, -0.25) is 4.79 Å². The largest absolute Gasteiger partial charge is 0.379 e. The highest BCUT2D eigenvalue weighted by Crippen LogP contribution is 2.55. The van der Waals surface area contributed by atoms with E-state index in [1.54, 1.807) is 0 Å². The lowest BCUT2D eigenvalue weighted by molar-refractivity contribution is -0.151. The molecule has 5 rings (SSSR count). The Labute approximate surface area is 127 Å². The van der Waals surface area contributed by atoms with Crippen molar-refractivity contribution >= 4 is 5.91 Å².